The molecule has 1 aliphatic carbocycles. The van der Waals surface area contributed by atoms with Gasteiger partial charge in [0.25, 0.3) is 0 Å². The lowest BCUT2D eigenvalue weighted by atomic mass is 9.89. The molecule has 0 aromatic heterocycles. The Hall–Kier alpha value is -2.41. The average Bonchev–Trinajstić information content (AvgIpc) is 2.70. The number of carbonyl (C=O) groups is 1. The van der Waals surface area contributed by atoms with Crippen LogP contribution in [-0.4, -0.2) is 27.1 Å². The second-order valence-corrected chi connectivity index (χ2v) is 9.82. The van der Waals surface area contributed by atoms with Gasteiger partial charge in [-0.15, -0.1) is 0 Å². The fraction of sp³-hybridized carbons (Fsp3) is 0.435. The number of amides is 1. The number of rotatable bonds is 8. The Morgan fingerprint density at radius 3 is 2.53 bits per heavy atom. The second kappa shape index (κ2) is 9.60. The summed E-state index contributed by atoms with van der Waals surface area (Å²) in [7, 11) is -3.65. The molecule has 3 rings (SSSR count). The minimum Gasteiger partial charge on any atom is -0.350 e. The SMILES string of the molecule is CC(NC(=O)CCCN(c1ccccc1F)S(C)(=O)=O)c1ccc2c(c1)CCCC2. The second-order valence-electron chi connectivity index (χ2n) is 7.91. The number of hydrogen-bond donors (Lipinski definition) is 1. The maximum atomic E-state index is 14.1. The largest absolute Gasteiger partial charge is 0.350 e. The van der Waals surface area contributed by atoms with Gasteiger partial charge in [-0.1, -0.05) is 30.3 Å². The molecule has 7 heteroatoms. The summed E-state index contributed by atoms with van der Waals surface area (Å²) >= 11 is 0. The highest BCUT2D eigenvalue weighted by atomic mass is 32.2. The summed E-state index contributed by atoms with van der Waals surface area (Å²) in [4.78, 5) is 12.4. The zero-order chi connectivity index (χ0) is 21.7. The van der Waals surface area contributed by atoms with E-state index in [9.17, 15) is 17.6 Å². The molecule has 2 aromatic carbocycles. The molecule has 0 heterocycles. The highest BCUT2D eigenvalue weighted by Gasteiger charge is 2.21. The van der Waals surface area contributed by atoms with Gasteiger partial charge in [-0.3, -0.25) is 9.10 Å². The molecular weight excluding hydrogens is 403 g/mol. The molecule has 1 N–H and O–H groups in total. The van der Waals surface area contributed by atoms with Crippen LogP contribution in [0.25, 0.3) is 0 Å². The van der Waals surface area contributed by atoms with Gasteiger partial charge in [0.15, 0.2) is 0 Å². The predicted molar refractivity (Wildman–Crippen MR) is 117 cm³/mol. The Kier molecular flexibility index (Phi) is 7.13. The molecular formula is C23H29FN2O3S. The van der Waals surface area contributed by atoms with Crippen molar-refractivity contribution in [2.24, 2.45) is 0 Å². The Morgan fingerprint density at radius 2 is 1.83 bits per heavy atom. The van der Waals surface area contributed by atoms with Crippen molar-refractivity contribution < 1.29 is 17.6 Å². The zero-order valence-electron chi connectivity index (χ0n) is 17.5. The van der Waals surface area contributed by atoms with E-state index < -0.39 is 15.8 Å². The van der Waals surface area contributed by atoms with Crippen molar-refractivity contribution in [2.75, 3.05) is 17.1 Å². The van der Waals surface area contributed by atoms with Crippen molar-refractivity contribution in [3.63, 3.8) is 0 Å². The number of sulfonamides is 1. The van der Waals surface area contributed by atoms with Crippen LogP contribution in [0.3, 0.4) is 0 Å². The number of hydrogen-bond acceptors (Lipinski definition) is 3. The molecule has 0 saturated carbocycles. The Morgan fingerprint density at radius 1 is 1.13 bits per heavy atom. The van der Waals surface area contributed by atoms with Gasteiger partial charge >= 0.3 is 0 Å². The van der Waals surface area contributed by atoms with Crippen LogP contribution < -0.4 is 9.62 Å². The molecule has 1 amide bonds. The molecule has 1 unspecified atom stereocenters. The molecule has 2 aromatic rings. The van der Waals surface area contributed by atoms with Crippen LogP contribution in [0, 0.1) is 5.82 Å². The smallest absolute Gasteiger partial charge is 0.232 e. The lowest BCUT2D eigenvalue weighted by molar-refractivity contribution is -0.121. The van der Waals surface area contributed by atoms with Crippen molar-refractivity contribution in [1.29, 1.82) is 0 Å². The topological polar surface area (TPSA) is 66.5 Å². The first kappa shape index (κ1) is 22.3. The molecule has 0 aliphatic heterocycles. The molecule has 30 heavy (non-hydrogen) atoms. The predicted octanol–water partition coefficient (Wildman–Crippen LogP) is 4.13. The number of anilines is 1. The summed E-state index contributed by atoms with van der Waals surface area (Å²) in [5, 5.41) is 2.99. The van der Waals surface area contributed by atoms with E-state index in [1.54, 1.807) is 6.07 Å². The molecule has 0 fully saturated rings. The van der Waals surface area contributed by atoms with Crippen LogP contribution in [0.15, 0.2) is 42.5 Å². The van der Waals surface area contributed by atoms with Crippen LogP contribution in [0.5, 0.6) is 0 Å². The third-order valence-electron chi connectivity index (χ3n) is 5.54. The first-order valence-electron chi connectivity index (χ1n) is 10.4. The van der Waals surface area contributed by atoms with Gasteiger partial charge in [-0.25, -0.2) is 12.8 Å². The number of halogens is 1. The van der Waals surface area contributed by atoms with Crippen LogP contribution in [-0.2, 0) is 27.7 Å². The Labute approximate surface area is 178 Å². The van der Waals surface area contributed by atoms with E-state index in [1.165, 1.54) is 42.2 Å². The number of benzene rings is 2. The molecule has 162 valence electrons. The van der Waals surface area contributed by atoms with Crippen molar-refractivity contribution in [3.8, 4) is 0 Å². The van der Waals surface area contributed by atoms with Gasteiger partial charge in [0.05, 0.1) is 18.0 Å². The van der Waals surface area contributed by atoms with Crippen LogP contribution in [0.4, 0.5) is 10.1 Å². The summed E-state index contributed by atoms with van der Waals surface area (Å²) in [6.45, 7) is 1.99. The molecule has 0 spiro atoms. The number of fused-ring (bicyclic) bond motifs is 1. The van der Waals surface area contributed by atoms with Gasteiger partial charge < -0.3 is 5.32 Å². The van der Waals surface area contributed by atoms with E-state index in [2.05, 4.69) is 23.5 Å². The quantitative estimate of drug-likeness (QED) is 0.682. The number of aryl methyl sites for hydroxylation is 2. The first-order valence-corrected chi connectivity index (χ1v) is 12.2. The van der Waals surface area contributed by atoms with Crippen molar-refractivity contribution >= 4 is 21.6 Å². The molecule has 1 atom stereocenters. The summed E-state index contributed by atoms with van der Waals surface area (Å²) in [5.41, 5.74) is 3.85. The lowest BCUT2D eigenvalue weighted by Crippen LogP contribution is -2.33. The van der Waals surface area contributed by atoms with Crippen molar-refractivity contribution in [1.82, 2.24) is 5.32 Å². The molecule has 0 radical (unpaired) electrons. The first-order chi connectivity index (χ1) is 14.3. The minimum atomic E-state index is -3.65. The van der Waals surface area contributed by atoms with E-state index in [4.69, 9.17) is 0 Å². The summed E-state index contributed by atoms with van der Waals surface area (Å²) in [5.74, 6) is -0.754. The van der Waals surface area contributed by atoms with E-state index in [0.717, 1.165) is 29.0 Å². The minimum absolute atomic E-state index is 0.00263. The highest BCUT2D eigenvalue weighted by molar-refractivity contribution is 7.92. The fourth-order valence-corrected chi connectivity index (χ4v) is 4.89. The van der Waals surface area contributed by atoms with Gasteiger partial charge in [0, 0.05) is 13.0 Å². The Bertz CT molecular complexity index is 1010. The molecule has 5 nitrogen and oxygen atoms in total. The normalized spacial score (nSPS) is 14.6. The van der Waals surface area contributed by atoms with E-state index in [0.29, 0.717) is 6.42 Å². The number of nitrogens with zero attached hydrogens (tertiary/aromatic N) is 1. The van der Waals surface area contributed by atoms with Gasteiger partial charge in [-0.2, -0.15) is 0 Å². The fourth-order valence-electron chi connectivity index (χ4n) is 3.92. The van der Waals surface area contributed by atoms with Crippen molar-refractivity contribution in [3.05, 3.63) is 65.0 Å². The van der Waals surface area contributed by atoms with E-state index in [-0.39, 0.29) is 30.6 Å². The third kappa shape index (κ3) is 5.59. The number of para-hydroxylation sites is 1. The molecule has 0 bridgehead atoms. The maximum Gasteiger partial charge on any atom is 0.232 e. The van der Waals surface area contributed by atoms with E-state index >= 15 is 0 Å². The monoisotopic (exact) mass is 432 g/mol. The maximum absolute atomic E-state index is 14.1. The molecule has 0 saturated heterocycles. The number of carbonyl (C=O) groups excluding carboxylic acids is 1. The standard InChI is InChI=1S/C23H29FN2O3S/c1-17(19-14-13-18-8-3-4-9-20(18)16-19)25-23(27)12-7-15-26(30(2,28)29)22-11-6-5-10-21(22)24/h5-6,10-11,13-14,16-17H,3-4,7-9,12,15H2,1-2H3,(H,25,27). The number of nitrogens with one attached hydrogen (secondary N) is 1. The lowest BCUT2D eigenvalue weighted by Gasteiger charge is -2.23. The summed E-state index contributed by atoms with van der Waals surface area (Å²) in [6, 6.07) is 12.0. The highest BCUT2D eigenvalue weighted by Crippen LogP contribution is 2.25. The zero-order valence-corrected chi connectivity index (χ0v) is 18.3. The molecule has 1 aliphatic rings. The average molecular weight is 433 g/mol. The van der Waals surface area contributed by atoms with Crippen molar-refractivity contribution in [2.45, 2.75) is 51.5 Å². The summed E-state index contributed by atoms with van der Waals surface area (Å²) in [6.07, 6.45) is 6.14. The van der Waals surface area contributed by atoms with E-state index in [1.807, 2.05) is 6.92 Å². The van der Waals surface area contributed by atoms with Crippen LogP contribution >= 0.6 is 0 Å². The van der Waals surface area contributed by atoms with Gasteiger partial charge in [0.1, 0.15) is 5.82 Å². The van der Waals surface area contributed by atoms with Crippen LogP contribution in [0.2, 0.25) is 0 Å². The van der Waals surface area contributed by atoms with Gasteiger partial charge in [-0.05, 0) is 67.9 Å². The van der Waals surface area contributed by atoms with Gasteiger partial charge in [0.2, 0.25) is 15.9 Å². The third-order valence-corrected chi connectivity index (χ3v) is 6.72. The summed E-state index contributed by atoms with van der Waals surface area (Å²) < 4.78 is 39.3. The van der Waals surface area contributed by atoms with Crippen LogP contribution in [0.1, 0.15) is 55.3 Å². The Balaban J connectivity index is 1.56.